The lowest BCUT2D eigenvalue weighted by molar-refractivity contribution is 0.283. The van der Waals surface area contributed by atoms with E-state index < -0.39 is 0 Å². The first kappa shape index (κ1) is 14.1. The van der Waals surface area contributed by atoms with Gasteiger partial charge in [-0.25, -0.2) is 0 Å². The van der Waals surface area contributed by atoms with E-state index in [-0.39, 0.29) is 5.92 Å². The Bertz CT molecular complexity index is 522. The van der Waals surface area contributed by atoms with Crippen LogP contribution in [0.2, 0.25) is 0 Å². The zero-order chi connectivity index (χ0) is 14.2. The van der Waals surface area contributed by atoms with Gasteiger partial charge in [0.2, 0.25) is 0 Å². The monoisotopic (exact) mass is 268 g/mol. The predicted molar refractivity (Wildman–Crippen MR) is 84.2 cm³/mol. The van der Waals surface area contributed by atoms with Gasteiger partial charge < -0.3 is 15.5 Å². The lowest BCUT2D eigenvalue weighted by atomic mass is 10.1. The highest BCUT2D eigenvalue weighted by molar-refractivity contribution is 5.60. The van der Waals surface area contributed by atoms with Crippen LogP contribution in [0.25, 0.3) is 0 Å². The van der Waals surface area contributed by atoms with E-state index in [0.29, 0.717) is 6.61 Å². The average molecular weight is 268 g/mol. The second kappa shape index (κ2) is 7.34. The van der Waals surface area contributed by atoms with Crippen molar-refractivity contribution in [3.05, 3.63) is 54.6 Å². The molecule has 2 N–H and O–H groups in total. The number of ether oxygens (including phenoxy) is 1. The maximum absolute atomic E-state index is 7.27. The van der Waals surface area contributed by atoms with Crippen molar-refractivity contribution in [2.24, 2.45) is 5.92 Å². The zero-order valence-electron chi connectivity index (χ0n) is 11.7. The fourth-order valence-electron chi connectivity index (χ4n) is 1.81. The Morgan fingerprint density at radius 1 is 1.05 bits per heavy atom. The highest BCUT2D eigenvalue weighted by atomic mass is 16.5. The van der Waals surface area contributed by atoms with Gasteiger partial charge in [0.05, 0.1) is 6.61 Å². The van der Waals surface area contributed by atoms with Crippen LogP contribution < -0.4 is 10.1 Å². The van der Waals surface area contributed by atoms with Gasteiger partial charge in [0.1, 0.15) is 5.75 Å². The molecule has 3 nitrogen and oxygen atoms in total. The minimum Gasteiger partial charge on any atom is -0.493 e. The summed E-state index contributed by atoms with van der Waals surface area (Å²) in [5, 5.41) is 10.6. The van der Waals surface area contributed by atoms with Gasteiger partial charge in [0.15, 0.2) is 0 Å². The first-order chi connectivity index (χ1) is 9.81. The zero-order valence-corrected chi connectivity index (χ0v) is 11.7. The molecule has 0 spiro atoms. The van der Waals surface area contributed by atoms with E-state index in [4.69, 9.17) is 10.1 Å². The molecule has 2 aromatic carbocycles. The first-order valence-corrected chi connectivity index (χ1v) is 6.87. The number of benzene rings is 2. The van der Waals surface area contributed by atoms with Crippen molar-refractivity contribution in [3.8, 4) is 5.75 Å². The van der Waals surface area contributed by atoms with E-state index in [1.165, 1.54) is 6.21 Å². The quantitative estimate of drug-likeness (QED) is 0.727. The molecule has 0 unspecified atom stereocenters. The van der Waals surface area contributed by atoms with Gasteiger partial charge in [-0.2, -0.15) is 0 Å². The SMILES string of the molecule is CC[C@H](C=N)COc1ccc(Nc2ccccc2)cc1. The van der Waals surface area contributed by atoms with E-state index in [1.54, 1.807) is 0 Å². The Kier molecular flexibility index (Phi) is 5.18. The van der Waals surface area contributed by atoms with Gasteiger partial charge in [-0.15, -0.1) is 0 Å². The Labute approximate surface area is 120 Å². The molecule has 0 aliphatic heterocycles. The normalized spacial score (nSPS) is 11.7. The van der Waals surface area contributed by atoms with Gasteiger partial charge in [-0.05, 0) is 42.8 Å². The Hall–Kier alpha value is -2.29. The summed E-state index contributed by atoms with van der Waals surface area (Å²) in [6.45, 7) is 2.62. The molecule has 1 atom stereocenters. The Balaban J connectivity index is 1.91. The van der Waals surface area contributed by atoms with Gasteiger partial charge in [-0.3, -0.25) is 0 Å². The third-order valence-electron chi connectivity index (χ3n) is 3.14. The molecule has 3 heteroatoms. The molecule has 104 valence electrons. The van der Waals surface area contributed by atoms with Crippen LogP contribution >= 0.6 is 0 Å². The lowest BCUT2D eigenvalue weighted by Gasteiger charge is -2.12. The molecule has 0 bridgehead atoms. The van der Waals surface area contributed by atoms with Crippen LogP contribution in [0.1, 0.15) is 13.3 Å². The average Bonchev–Trinajstić information content (AvgIpc) is 2.51. The summed E-state index contributed by atoms with van der Waals surface area (Å²) in [6.07, 6.45) is 2.38. The minimum atomic E-state index is 0.192. The number of anilines is 2. The van der Waals surface area contributed by atoms with Crippen LogP contribution in [0.4, 0.5) is 11.4 Å². The molecule has 20 heavy (non-hydrogen) atoms. The molecule has 0 saturated carbocycles. The van der Waals surface area contributed by atoms with E-state index in [9.17, 15) is 0 Å². The summed E-state index contributed by atoms with van der Waals surface area (Å²) < 4.78 is 5.68. The molecule has 0 aromatic heterocycles. The number of para-hydroxylation sites is 1. The van der Waals surface area contributed by atoms with E-state index >= 15 is 0 Å². The van der Waals surface area contributed by atoms with Gasteiger partial charge in [0.25, 0.3) is 0 Å². The van der Waals surface area contributed by atoms with Gasteiger partial charge >= 0.3 is 0 Å². The fraction of sp³-hybridized carbons (Fsp3) is 0.235. The molecule has 0 radical (unpaired) electrons. The highest BCUT2D eigenvalue weighted by Crippen LogP contribution is 2.20. The van der Waals surface area contributed by atoms with Crippen LogP contribution in [0.3, 0.4) is 0 Å². The predicted octanol–water partition coefficient (Wildman–Crippen LogP) is 4.48. The van der Waals surface area contributed by atoms with Crippen molar-refractivity contribution in [2.45, 2.75) is 13.3 Å². The summed E-state index contributed by atoms with van der Waals surface area (Å²) in [7, 11) is 0. The summed E-state index contributed by atoms with van der Waals surface area (Å²) in [4.78, 5) is 0. The summed E-state index contributed by atoms with van der Waals surface area (Å²) in [5.74, 6) is 1.03. The molecule has 0 saturated heterocycles. The molecular weight excluding hydrogens is 248 g/mol. The van der Waals surface area contributed by atoms with Crippen molar-refractivity contribution >= 4 is 17.6 Å². The minimum absolute atomic E-state index is 0.192. The Morgan fingerprint density at radius 3 is 2.30 bits per heavy atom. The number of nitrogens with one attached hydrogen (secondary N) is 2. The fourth-order valence-corrected chi connectivity index (χ4v) is 1.81. The highest BCUT2D eigenvalue weighted by Gasteiger charge is 2.03. The molecule has 0 amide bonds. The van der Waals surface area contributed by atoms with Crippen molar-refractivity contribution < 1.29 is 4.74 Å². The molecule has 0 fully saturated rings. The van der Waals surface area contributed by atoms with Crippen LogP contribution in [-0.2, 0) is 0 Å². The maximum Gasteiger partial charge on any atom is 0.119 e. The molecule has 0 heterocycles. The van der Waals surface area contributed by atoms with Crippen LogP contribution in [0, 0.1) is 11.3 Å². The summed E-state index contributed by atoms with van der Waals surface area (Å²) in [6, 6.07) is 17.9. The molecule has 2 rings (SSSR count). The second-order valence-electron chi connectivity index (χ2n) is 4.66. The van der Waals surface area contributed by atoms with Crippen molar-refractivity contribution in [3.63, 3.8) is 0 Å². The molecule has 2 aromatic rings. The van der Waals surface area contributed by atoms with Crippen LogP contribution in [-0.4, -0.2) is 12.8 Å². The van der Waals surface area contributed by atoms with Crippen molar-refractivity contribution in [1.29, 1.82) is 5.41 Å². The Morgan fingerprint density at radius 2 is 1.70 bits per heavy atom. The molecule has 0 aliphatic rings. The number of hydrogen-bond donors (Lipinski definition) is 2. The maximum atomic E-state index is 7.27. The lowest BCUT2D eigenvalue weighted by Crippen LogP contribution is -2.11. The largest absolute Gasteiger partial charge is 0.493 e. The number of hydrogen-bond acceptors (Lipinski definition) is 3. The van der Waals surface area contributed by atoms with E-state index in [2.05, 4.69) is 12.2 Å². The summed E-state index contributed by atoms with van der Waals surface area (Å²) >= 11 is 0. The second-order valence-corrected chi connectivity index (χ2v) is 4.66. The topological polar surface area (TPSA) is 45.1 Å². The van der Waals surface area contributed by atoms with Gasteiger partial charge in [-0.1, -0.05) is 25.1 Å². The van der Waals surface area contributed by atoms with Crippen molar-refractivity contribution in [1.82, 2.24) is 0 Å². The third kappa shape index (κ3) is 4.12. The standard InChI is InChI=1S/C17H20N2O/c1-2-14(12-18)13-20-17-10-8-16(9-11-17)19-15-6-4-3-5-7-15/h3-12,14,18-19H,2,13H2,1H3/t14-/m1/s1. The van der Waals surface area contributed by atoms with Crippen molar-refractivity contribution in [2.75, 3.05) is 11.9 Å². The van der Waals surface area contributed by atoms with E-state index in [0.717, 1.165) is 23.5 Å². The number of rotatable bonds is 7. The van der Waals surface area contributed by atoms with Crippen LogP contribution in [0.15, 0.2) is 54.6 Å². The van der Waals surface area contributed by atoms with E-state index in [1.807, 2.05) is 54.6 Å². The molecule has 0 aliphatic carbocycles. The smallest absolute Gasteiger partial charge is 0.119 e. The summed E-state index contributed by atoms with van der Waals surface area (Å²) in [5.41, 5.74) is 2.10. The molecular formula is C17H20N2O. The van der Waals surface area contributed by atoms with Crippen LogP contribution in [0.5, 0.6) is 5.75 Å². The first-order valence-electron chi connectivity index (χ1n) is 6.87. The third-order valence-corrected chi connectivity index (χ3v) is 3.14. The van der Waals surface area contributed by atoms with Gasteiger partial charge in [0, 0.05) is 23.5 Å².